The Morgan fingerprint density at radius 2 is 1.50 bits per heavy atom. The van der Waals surface area contributed by atoms with Gasteiger partial charge >= 0.3 is 6.09 Å². The number of carbonyl (C=O) groups excluding carboxylic acids is 2. The van der Waals surface area contributed by atoms with E-state index >= 15 is 0 Å². The number of rotatable bonds is 6. The Morgan fingerprint density at radius 3 is 2.09 bits per heavy atom. The second-order valence-corrected chi connectivity index (χ2v) is 12.0. The Morgan fingerprint density at radius 1 is 0.912 bits per heavy atom. The number of piperidine rings is 1. The lowest BCUT2D eigenvalue weighted by Crippen LogP contribution is -2.45. The summed E-state index contributed by atoms with van der Waals surface area (Å²) in [5.74, 6) is 0.503. The van der Waals surface area contributed by atoms with Gasteiger partial charge in [-0.05, 0) is 48.8 Å². The van der Waals surface area contributed by atoms with Gasteiger partial charge in [-0.15, -0.1) is 0 Å². The SMILES string of the molecule is CC(C)COC(=O)N1CCCN(C(=O)C2CCN(S(=O)(=O)c3ccc(C(C)C)cc3)CC2)CC1. The molecule has 0 N–H and O–H groups in total. The van der Waals surface area contributed by atoms with E-state index in [2.05, 4.69) is 13.8 Å². The lowest BCUT2D eigenvalue weighted by atomic mass is 9.96. The van der Waals surface area contributed by atoms with Crippen LogP contribution < -0.4 is 0 Å². The van der Waals surface area contributed by atoms with Crippen LogP contribution in [0.15, 0.2) is 29.2 Å². The van der Waals surface area contributed by atoms with Crippen LogP contribution in [0, 0.1) is 11.8 Å². The van der Waals surface area contributed by atoms with Gasteiger partial charge in [-0.1, -0.05) is 39.8 Å². The number of hydrogen-bond donors (Lipinski definition) is 0. The summed E-state index contributed by atoms with van der Waals surface area (Å²) in [4.78, 5) is 29.2. The van der Waals surface area contributed by atoms with Crippen molar-refractivity contribution < 1.29 is 22.7 Å². The molecular weight excluding hydrogens is 454 g/mol. The number of ether oxygens (including phenoxy) is 1. The van der Waals surface area contributed by atoms with Crippen LogP contribution in [0.1, 0.15) is 58.4 Å². The van der Waals surface area contributed by atoms with E-state index in [4.69, 9.17) is 4.74 Å². The molecule has 0 saturated carbocycles. The van der Waals surface area contributed by atoms with E-state index in [0.29, 0.717) is 76.0 Å². The minimum Gasteiger partial charge on any atom is -0.449 e. The van der Waals surface area contributed by atoms with Gasteiger partial charge in [0, 0.05) is 45.2 Å². The van der Waals surface area contributed by atoms with E-state index in [0.717, 1.165) is 5.56 Å². The normalized spacial score (nSPS) is 18.9. The molecule has 0 bridgehead atoms. The van der Waals surface area contributed by atoms with Crippen LogP contribution in [0.2, 0.25) is 0 Å². The highest BCUT2D eigenvalue weighted by atomic mass is 32.2. The van der Waals surface area contributed by atoms with E-state index in [1.54, 1.807) is 17.0 Å². The Labute approximate surface area is 204 Å². The molecule has 2 fully saturated rings. The van der Waals surface area contributed by atoms with Gasteiger partial charge in [-0.25, -0.2) is 13.2 Å². The van der Waals surface area contributed by atoms with Crippen molar-refractivity contribution in [1.82, 2.24) is 14.1 Å². The van der Waals surface area contributed by atoms with Crippen LogP contribution in [0.4, 0.5) is 4.79 Å². The van der Waals surface area contributed by atoms with Gasteiger partial charge in [0.1, 0.15) is 0 Å². The Kier molecular flexibility index (Phi) is 8.98. The number of sulfonamides is 1. The van der Waals surface area contributed by atoms with Crippen LogP contribution in [0.5, 0.6) is 0 Å². The van der Waals surface area contributed by atoms with E-state index < -0.39 is 10.0 Å². The van der Waals surface area contributed by atoms with Crippen molar-refractivity contribution in [2.75, 3.05) is 45.9 Å². The maximum atomic E-state index is 13.1. The lowest BCUT2D eigenvalue weighted by molar-refractivity contribution is -0.136. The fourth-order valence-corrected chi connectivity index (χ4v) is 5.89. The van der Waals surface area contributed by atoms with Crippen molar-refractivity contribution in [2.45, 2.75) is 57.8 Å². The summed E-state index contributed by atoms with van der Waals surface area (Å²) in [6.07, 6.45) is 1.42. The standard InChI is InChI=1S/C25H39N3O5S/c1-19(2)18-33-25(30)27-13-5-12-26(16-17-27)24(29)22-10-14-28(15-11-22)34(31,32)23-8-6-21(7-9-23)20(3)4/h6-9,19-20,22H,5,10-18H2,1-4H3. The maximum Gasteiger partial charge on any atom is 0.409 e. The molecule has 34 heavy (non-hydrogen) atoms. The third kappa shape index (κ3) is 6.50. The summed E-state index contributed by atoms with van der Waals surface area (Å²) in [7, 11) is -3.56. The van der Waals surface area contributed by atoms with Gasteiger partial charge < -0.3 is 14.5 Å². The fraction of sp³-hybridized carbons (Fsp3) is 0.680. The third-order valence-corrected chi connectivity index (χ3v) is 8.51. The molecule has 0 atom stereocenters. The molecule has 9 heteroatoms. The molecule has 0 unspecified atom stereocenters. The molecule has 2 aliphatic heterocycles. The zero-order chi connectivity index (χ0) is 24.9. The summed E-state index contributed by atoms with van der Waals surface area (Å²) >= 11 is 0. The van der Waals surface area contributed by atoms with E-state index in [1.165, 1.54) is 4.31 Å². The third-order valence-electron chi connectivity index (χ3n) is 6.59. The molecule has 190 valence electrons. The zero-order valence-corrected chi connectivity index (χ0v) is 21.7. The Hall–Kier alpha value is -2.13. The van der Waals surface area contributed by atoms with Crippen LogP contribution in [-0.4, -0.2) is 80.4 Å². The number of nitrogens with zero attached hydrogens (tertiary/aromatic N) is 3. The summed E-state index contributed by atoms with van der Waals surface area (Å²) in [5, 5.41) is 0. The van der Waals surface area contributed by atoms with Crippen molar-refractivity contribution in [1.29, 1.82) is 0 Å². The molecule has 2 heterocycles. The number of carbonyl (C=O) groups is 2. The monoisotopic (exact) mass is 493 g/mol. The second kappa shape index (κ2) is 11.5. The van der Waals surface area contributed by atoms with Gasteiger partial charge in [-0.3, -0.25) is 4.79 Å². The molecule has 2 aliphatic rings. The largest absolute Gasteiger partial charge is 0.449 e. The van der Waals surface area contributed by atoms with Crippen molar-refractivity contribution in [3.8, 4) is 0 Å². The van der Waals surface area contributed by atoms with Gasteiger partial charge in [-0.2, -0.15) is 4.31 Å². The highest BCUT2D eigenvalue weighted by Crippen LogP contribution is 2.26. The van der Waals surface area contributed by atoms with Crippen molar-refractivity contribution in [3.63, 3.8) is 0 Å². The van der Waals surface area contributed by atoms with Crippen LogP contribution in [-0.2, 0) is 19.6 Å². The average molecular weight is 494 g/mol. The van der Waals surface area contributed by atoms with Crippen LogP contribution in [0.3, 0.4) is 0 Å². The highest BCUT2D eigenvalue weighted by molar-refractivity contribution is 7.89. The second-order valence-electron chi connectivity index (χ2n) is 10.0. The first-order valence-electron chi connectivity index (χ1n) is 12.4. The summed E-state index contributed by atoms with van der Waals surface area (Å²) in [6.45, 7) is 11.3. The molecule has 1 aromatic rings. The molecule has 8 nitrogen and oxygen atoms in total. The van der Waals surface area contributed by atoms with Gasteiger partial charge in [0.05, 0.1) is 11.5 Å². The minimum atomic E-state index is -3.56. The smallest absolute Gasteiger partial charge is 0.409 e. The van der Waals surface area contributed by atoms with Crippen molar-refractivity contribution >= 4 is 22.0 Å². The summed E-state index contributed by atoms with van der Waals surface area (Å²) in [5.41, 5.74) is 1.10. The molecular formula is C25H39N3O5S. The first kappa shape index (κ1) is 26.5. The molecule has 1 aromatic carbocycles. The molecule has 2 amide bonds. The van der Waals surface area contributed by atoms with Gasteiger partial charge in [0.2, 0.25) is 15.9 Å². The Balaban J connectivity index is 1.52. The van der Waals surface area contributed by atoms with Gasteiger partial charge in [0.25, 0.3) is 0 Å². The minimum absolute atomic E-state index is 0.0655. The molecule has 3 rings (SSSR count). The molecule has 0 spiro atoms. The average Bonchev–Trinajstić information content (AvgIpc) is 3.08. The highest BCUT2D eigenvalue weighted by Gasteiger charge is 2.34. The topological polar surface area (TPSA) is 87.2 Å². The molecule has 0 radical (unpaired) electrons. The van der Waals surface area contributed by atoms with Crippen molar-refractivity contribution in [2.24, 2.45) is 11.8 Å². The molecule has 2 saturated heterocycles. The lowest BCUT2D eigenvalue weighted by Gasteiger charge is -2.33. The molecule has 0 aliphatic carbocycles. The zero-order valence-electron chi connectivity index (χ0n) is 20.9. The van der Waals surface area contributed by atoms with Gasteiger partial charge in [0.15, 0.2) is 0 Å². The first-order chi connectivity index (χ1) is 16.1. The Bertz CT molecular complexity index is 938. The first-order valence-corrected chi connectivity index (χ1v) is 13.8. The quantitative estimate of drug-likeness (QED) is 0.605. The van der Waals surface area contributed by atoms with Crippen LogP contribution >= 0.6 is 0 Å². The summed E-state index contributed by atoms with van der Waals surface area (Å²) < 4.78 is 33.0. The van der Waals surface area contributed by atoms with Crippen LogP contribution in [0.25, 0.3) is 0 Å². The van der Waals surface area contributed by atoms with E-state index in [9.17, 15) is 18.0 Å². The predicted molar refractivity (Wildman–Crippen MR) is 131 cm³/mol. The van der Waals surface area contributed by atoms with E-state index in [-0.39, 0.29) is 23.8 Å². The fourth-order valence-electron chi connectivity index (χ4n) is 4.42. The predicted octanol–water partition coefficient (Wildman–Crippen LogP) is 3.54. The maximum absolute atomic E-state index is 13.1. The summed E-state index contributed by atoms with van der Waals surface area (Å²) in [6, 6.07) is 7.10. The van der Waals surface area contributed by atoms with E-state index in [1.807, 2.05) is 30.9 Å². The number of amides is 2. The number of benzene rings is 1. The van der Waals surface area contributed by atoms with Crippen molar-refractivity contribution in [3.05, 3.63) is 29.8 Å². The number of hydrogen-bond acceptors (Lipinski definition) is 5. The molecule has 0 aromatic heterocycles.